The van der Waals surface area contributed by atoms with E-state index in [4.69, 9.17) is 40.5 Å². The first-order chi connectivity index (χ1) is 36.4. The standard InChI is InChI=1S/2C16H15ClFN5O2.C12H12BrClN2O2.C4H4FN3/c2*17-9-6-11(21-13-10(18)7-19-8-20-13)15(25)23-12(9)14(24)22-16(23)4-2-1-3-5-16;13-7-6-8(14)9-10(17)15-12(16(9)11(7)18)4-2-1-3-5-12;5-3-1-7-2-8-4(3)6/h2*6-8H,1-5H2,(H,22,24)(H,19,20,21);6H,1-5H2,(H,15,17);1-2H,(H2,6,7,8). The quantitative estimate of drug-likeness (QED) is 0.0979. The van der Waals surface area contributed by atoms with Gasteiger partial charge in [0, 0.05) is 0 Å². The molecule has 6 aromatic rings. The van der Waals surface area contributed by atoms with Gasteiger partial charge in [0.25, 0.3) is 34.4 Å². The molecule has 12 rings (SSSR count). The highest BCUT2D eigenvalue weighted by atomic mass is 79.9. The van der Waals surface area contributed by atoms with E-state index in [0.717, 1.165) is 89.2 Å². The summed E-state index contributed by atoms with van der Waals surface area (Å²) in [4.78, 5) is 96.6. The molecular weight excluding hydrogens is 1130 g/mol. The summed E-state index contributed by atoms with van der Waals surface area (Å²) in [6.45, 7) is 0. The Morgan fingerprint density at radius 2 is 0.829 bits per heavy atom. The minimum absolute atomic E-state index is 0.0628. The second-order valence-electron chi connectivity index (χ2n) is 18.7. The van der Waals surface area contributed by atoms with Crippen LogP contribution in [0.15, 0.2) is 74.6 Å². The lowest BCUT2D eigenvalue weighted by molar-refractivity contribution is 0.0867. The Hall–Kier alpha value is -6.96. The number of halogens is 7. The van der Waals surface area contributed by atoms with Crippen LogP contribution < -0.4 is 49.0 Å². The third kappa shape index (κ3) is 10.2. The number of nitrogens with two attached hydrogens (primary N) is 1. The molecule has 3 aliphatic carbocycles. The molecule has 9 heterocycles. The number of fused-ring (bicyclic) bond motifs is 6. The molecule has 76 heavy (non-hydrogen) atoms. The van der Waals surface area contributed by atoms with Gasteiger partial charge in [-0.25, -0.2) is 43.1 Å². The average Bonchev–Trinajstić information content (AvgIpc) is 4.04. The number of nitrogens with one attached hydrogen (secondary N) is 5. The number of hydrogen-bond acceptors (Lipinski definition) is 15. The van der Waals surface area contributed by atoms with Gasteiger partial charge in [0.1, 0.15) is 64.4 Å². The molecule has 0 saturated heterocycles. The van der Waals surface area contributed by atoms with E-state index in [9.17, 15) is 41.9 Å². The third-order valence-corrected chi connectivity index (χ3v) is 15.4. The van der Waals surface area contributed by atoms with Crippen molar-refractivity contribution < 1.29 is 27.6 Å². The normalized spacial score (nSPS) is 17.8. The lowest BCUT2D eigenvalue weighted by atomic mass is 9.89. The van der Waals surface area contributed by atoms with E-state index < -0.39 is 45.6 Å². The van der Waals surface area contributed by atoms with E-state index in [1.54, 1.807) is 4.57 Å². The number of hydrogen-bond donors (Lipinski definition) is 6. The van der Waals surface area contributed by atoms with Crippen molar-refractivity contribution >= 4 is 97.3 Å². The average molecular weight is 1170 g/mol. The second kappa shape index (κ2) is 21.9. The first kappa shape index (κ1) is 53.9. The molecule has 398 valence electrons. The van der Waals surface area contributed by atoms with Crippen molar-refractivity contribution in [3.05, 3.63) is 141 Å². The fourth-order valence-electron chi connectivity index (χ4n) is 10.6. The first-order valence-electron chi connectivity index (χ1n) is 24.1. The summed E-state index contributed by atoms with van der Waals surface area (Å²) in [7, 11) is 0. The summed E-state index contributed by atoms with van der Waals surface area (Å²) in [6.07, 6.45) is 19.7. The van der Waals surface area contributed by atoms with Gasteiger partial charge in [0.2, 0.25) is 0 Å². The Kier molecular flexibility index (Phi) is 15.6. The Bertz CT molecular complexity index is 3300. The topological polar surface area (TPSA) is 281 Å². The van der Waals surface area contributed by atoms with Crippen molar-refractivity contribution in [1.29, 1.82) is 0 Å². The zero-order valence-corrected chi connectivity index (χ0v) is 43.9. The van der Waals surface area contributed by atoms with Crippen LogP contribution >= 0.6 is 50.7 Å². The first-order valence-corrected chi connectivity index (χ1v) is 26.0. The Morgan fingerprint density at radius 1 is 0.500 bits per heavy atom. The molecular formula is C48H46BrCl3F3N15O6. The van der Waals surface area contributed by atoms with E-state index in [0.29, 0.717) is 40.9 Å². The minimum Gasteiger partial charge on any atom is -0.381 e. The molecule has 28 heteroatoms. The summed E-state index contributed by atoms with van der Waals surface area (Å²) in [5, 5.41) is 14.7. The van der Waals surface area contributed by atoms with Crippen molar-refractivity contribution in [2.24, 2.45) is 0 Å². The molecule has 6 aromatic heterocycles. The molecule has 3 spiro atoms. The van der Waals surface area contributed by atoms with E-state index in [1.165, 1.54) is 46.3 Å². The number of amides is 3. The molecule has 3 aliphatic heterocycles. The van der Waals surface area contributed by atoms with Crippen molar-refractivity contribution in [2.45, 2.75) is 113 Å². The minimum atomic E-state index is -0.757. The number of carbonyl (C=O) groups excluding carboxylic acids is 3. The van der Waals surface area contributed by atoms with E-state index >= 15 is 0 Å². The van der Waals surface area contributed by atoms with Gasteiger partial charge < -0.3 is 32.3 Å². The summed E-state index contributed by atoms with van der Waals surface area (Å²) >= 11 is 21.8. The Labute approximate surface area is 452 Å². The molecule has 0 atom stereocenters. The predicted molar refractivity (Wildman–Crippen MR) is 277 cm³/mol. The fourth-order valence-corrected chi connectivity index (χ4v) is 12.0. The number of rotatable bonds is 4. The largest absolute Gasteiger partial charge is 0.381 e. The van der Waals surface area contributed by atoms with Crippen LogP contribution in [0.1, 0.15) is 128 Å². The highest BCUT2D eigenvalue weighted by Crippen LogP contribution is 2.41. The number of carbonyl (C=O) groups is 3. The van der Waals surface area contributed by atoms with Crippen LogP contribution in [0.5, 0.6) is 0 Å². The van der Waals surface area contributed by atoms with Gasteiger partial charge in [-0.15, -0.1) is 0 Å². The van der Waals surface area contributed by atoms with Gasteiger partial charge in [-0.1, -0.05) is 54.1 Å². The zero-order chi connectivity index (χ0) is 54.1. The molecule has 0 unspecified atom stereocenters. The molecule has 21 nitrogen and oxygen atoms in total. The van der Waals surface area contributed by atoms with Crippen molar-refractivity contribution in [3.8, 4) is 0 Å². The molecule has 3 saturated carbocycles. The zero-order valence-electron chi connectivity index (χ0n) is 40.0. The smallest absolute Gasteiger partial charge is 0.276 e. The molecule has 6 aliphatic rings. The maximum Gasteiger partial charge on any atom is 0.276 e. The highest BCUT2D eigenvalue weighted by molar-refractivity contribution is 9.10. The van der Waals surface area contributed by atoms with Gasteiger partial charge in [-0.3, -0.25) is 42.5 Å². The molecule has 7 N–H and O–H groups in total. The van der Waals surface area contributed by atoms with Crippen molar-refractivity contribution in [1.82, 2.24) is 59.6 Å². The van der Waals surface area contributed by atoms with E-state index in [2.05, 4.69) is 72.4 Å². The summed E-state index contributed by atoms with van der Waals surface area (Å²) in [6, 6.07) is 4.16. The van der Waals surface area contributed by atoms with Crippen molar-refractivity contribution in [3.63, 3.8) is 0 Å². The Balaban J connectivity index is 0.000000131. The predicted octanol–water partition coefficient (Wildman–Crippen LogP) is 7.89. The van der Waals surface area contributed by atoms with Crippen LogP contribution in [0.25, 0.3) is 0 Å². The van der Waals surface area contributed by atoms with Crippen molar-refractivity contribution in [2.75, 3.05) is 16.4 Å². The number of pyridine rings is 3. The van der Waals surface area contributed by atoms with Gasteiger partial charge in [0.05, 0.1) is 38.1 Å². The number of aromatic nitrogens is 9. The maximum atomic E-state index is 13.8. The summed E-state index contributed by atoms with van der Waals surface area (Å²) in [5.74, 6) is -3.28. The number of anilines is 5. The maximum absolute atomic E-state index is 13.8. The molecule has 0 bridgehead atoms. The van der Waals surface area contributed by atoms with Gasteiger partial charge in [0.15, 0.2) is 34.9 Å². The van der Waals surface area contributed by atoms with Crippen LogP contribution in [0.3, 0.4) is 0 Å². The highest BCUT2D eigenvalue weighted by Gasteiger charge is 2.48. The summed E-state index contributed by atoms with van der Waals surface area (Å²) in [5.41, 5.74) is 2.60. The van der Waals surface area contributed by atoms with Crippen LogP contribution in [0.4, 0.5) is 42.0 Å². The van der Waals surface area contributed by atoms with Crippen LogP contribution in [0, 0.1) is 17.5 Å². The van der Waals surface area contributed by atoms with E-state index in [1.807, 2.05) is 0 Å². The van der Waals surface area contributed by atoms with Gasteiger partial charge >= 0.3 is 0 Å². The van der Waals surface area contributed by atoms with Crippen LogP contribution in [0.2, 0.25) is 15.1 Å². The third-order valence-electron chi connectivity index (χ3n) is 14.0. The SMILES string of the molecule is Nc1ncncc1F.O=C1NC2(CCCCC2)n2c1c(Cl)cc(Br)c2=O.O=C1NC2(CCCCC2)n2c1c(Cl)cc(Nc1ncncc1F)c2=O.O=C1NC2(CCCCC2)n2c1c(Cl)cc(Nc1ncncc1F)c2=O. The van der Waals surface area contributed by atoms with E-state index in [-0.39, 0.29) is 73.5 Å². The Morgan fingerprint density at radius 3 is 1.16 bits per heavy atom. The second-order valence-corrected chi connectivity index (χ2v) is 20.8. The molecule has 0 aromatic carbocycles. The van der Waals surface area contributed by atoms with Gasteiger partial charge in [-0.05, 0) is 111 Å². The fraction of sp³-hybridized carbons (Fsp3) is 0.375. The molecule has 0 radical (unpaired) electrons. The van der Waals surface area contributed by atoms with Crippen LogP contribution in [-0.4, -0.2) is 61.3 Å². The lowest BCUT2D eigenvalue weighted by Gasteiger charge is -2.35. The number of nitrogen functional groups attached to an aromatic ring is 1. The van der Waals surface area contributed by atoms with Gasteiger partial charge in [-0.2, -0.15) is 0 Å². The lowest BCUT2D eigenvalue weighted by Crippen LogP contribution is -2.48. The number of nitrogens with zero attached hydrogens (tertiary/aromatic N) is 9. The van der Waals surface area contributed by atoms with Crippen LogP contribution in [-0.2, 0) is 17.0 Å². The molecule has 3 amide bonds. The summed E-state index contributed by atoms with van der Waals surface area (Å²) < 4.78 is 44.5. The monoisotopic (exact) mass is 1170 g/mol. The molecule has 3 fully saturated rings.